The minimum atomic E-state index is -2.23. The lowest BCUT2D eigenvalue weighted by Gasteiger charge is -2.34. The highest BCUT2D eigenvalue weighted by Gasteiger charge is 2.33. The summed E-state index contributed by atoms with van der Waals surface area (Å²) in [6.45, 7) is 2.09. The van der Waals surface area contributed by atoms with Gasteiger partial charge in [0.2, 0.25) is 0 Å². The van der Waals surface area contributed by atoms with E-state index in [9.17, 15) is 8.78 Å². The molecule has 0 aromatic rings. The molecule has 1 saturated carbocycles. The summed E-state index contributed by atoms with van der Waals surface area (Å²) in [4.78, 5) is 0. The zero-order valence-electron chi connectivity index (χ0n) is 8.39. The van der Waals surface area contributed by atoms with Crippen LogP contribution >= 0.6 is 0 Å². The van der Waals surface area contributed by atoms with Crippen LogP contribution in [0.15, 0.2) is 0 Å². The number of rotatable bonds is 3. The summed E-state index contributed by atoms with van der Waals surface area (Å²) >= 11 is 0. The van der Waals surface area contributed by atoms with Gasteiger partial charge in [-0.15, -0.1) is 0 Å². The molecular weight excluding hydrogens is 172 g/mol. The molecule has 0 aromatic carbocycles. The van der Waals surface area contributed by atoms with E-state index in [-0.39, 0.29) is 5.92 Å². The summed E-state index contributed by atoms with van der Waals surface area (Å²) in [5.41, 5.74) is 0. The van der Waals surface area contributed by atoms with Crippen molar-refractivity contribution < 1.29 is 8.78 Å². The van der Waals surface area contributed by atoms with Crippen LogP contribution in [0.1, 0.15) is 32.6 Å². The van der Waals surface area contributed by atoms with Crippen LogP contribution in [-0.4, -0.2) is 19.5 Å². The van der Waals surface area contributed by atoms with Crippen LogP contribution in [0, 0.1) is 11.8 Å². The zero-order chi connectivity index (χ0) is 9.84. The number of alkyl halides is 2. The Kier molecular flexibility index (Phi) is 4.10. The fraction of sp³-hybridized carbons (Fsp3) is 1.00. The first-order valence-electron chi connectivity index (χ1n) is 5.12. The smallest absolute Gasteiger partial charge is 0.253 e. The summed E-state index contributed by atoms with van der Waals surface area (Å²) in [5.74, 6) is 0.610. The summed E-state index contributed by atoms with van der Waals surface area (Å²) in [5, 5.41) is 2.75. The monoisotopic (exact) mass is 191 g/mol. The van der Waals surface area contributed by atoms with Gasteiger partial charge in [-0.1, -0.05) is 26.2 Å². The first-order chi connectivity index (χ1) is 6.16. The molecule has 3 atom stereocenters. The molecule has 1 rings (SSSR count). The largest absolute Gasteiger partial charge is 0.312 e. The van der Waals surface area contributed by atoms with E-state index in [1.54, 1.807) is 7.05 Å². The van der Waals surface area contributed by atoms with Gasteiger partial charge in [0.25, 0.3) is 6.43 Å². The SMILES string of the molecule is CNC(C(F)F)C1CCCCC1C. The summed E-state index contributed by atoms with van der Waals surface area (Å²) in [6.07, 6.45) is 2.15. The maximum Gasteiger partial charge on any atom is 0.253 e. The molecule has 1 aliphatic carbocycles. The molecule has 1 nitrogen and oxygen atoms in total. The molecular formula is C10H19F2N. The van der Waals surface area contributed by atoms with E-state index in [4.69, 9.17) is 0 Å². The molecule has 0 heterocycles. The van der Waals surface area contributed by atoms with Gasteiger partial charge in [0.15, 0.2) is 0 Å². The highest BCUT2D eigenvalue weighted by Crippen LogP contribution is 2.33. The van der Waals surface area contributed by atoms with Gasteiger partial charge < -0.3 is 5.32 Å². The molecule has 1 aliphatic rings. The highest BCUT2D eigenvalue weighted by atomic mass is 19.3. The third kappa shape index (κ3) is 2.63. The third-order valence-electron chi connectivity index (χ3n) is 3.24. The van der Waals surface area contributed by atoms with Crippen LogP contribution in [0.5, 0.6) is 0 Å². The number of nitrogens with one attached hydrogen (secondary N) is 1. The average molecular weight is 191 g/mol. The molecule has 3 unspecified atom stereocenters. The van der Waals surface area contributed by atoms with Crippen molar-refractivity contribution in [2.24, 2.45) is 11.8 Å². The lowest BCUT2D eigenvalue weighted by Crippen LogP contribution is -2.43. The van der Waals surface area contributed by atoms with Gasteiger partial charge in [-0.3, -0.25) is 0 Å². The fourth-order valence-electron chi connectivity index (χ4n) is 2.41. The van der Waals surface area contributed by atoms with Crippen LogP contribution in [-0.2, 0) is 0 Å². The zero-order valence-corrected chi connectivity index (χ0v) is 8.39. The van der Waals surface area contributed by atoms with E-state index in [1.807, 2.05) is 0 Å². The lowest BCUT2D eigenvalue weighted by atomic mass is 9.76. The van der Waals surface area contributed by atoms with Crippen LogP contribution in [0.25, 0.3) is 0 Å². The van der Waals surface area contributed by atoms with Gasteiger partial charge in [-0.2, -0.15) is 0 Å². The predicted octanol–water partition coefficient (Wildman–Crippen LogP) is 2.67. The number of hydrogen-bond donors (Lipinski definition) is 1. The topological polar surface area (TPSA) is 12.0 Å². The summed E-state index contributed by atoms with van der Waals surface area (Å²) < 4.78 is 25.2. The van der Waals surface area contributed by atoms with Crippen molar-refractivity contribution in [1.82, 2.24) is 5.32 Å². The third-order valence-corrected chi connectivity index (χ3v) is 3.24. The predicted molar refractivity (Wildman–Crippen MR) is 50.0 cm³/mol. The van der Waals surface area contributed by atoms with E-state index in [0.29, 0.717) is 5.92 Å². The van der Waals surface area contributed by atoms with E-state index in [0.717, 1.165) is 19.3 Å². The van der Waals surface area contributed by atoms with Gasteiger partial charge in [-0.05, 0) is 25.3 Å². The van der Waals surface area contributed by atoms with Crippen molar-refractivity contribution in [3.05, 3.63) is 0 Å². The molecule has 13 heavy (non-hydrogen) atoms. The van der Waals surface area contributed by atoms with Crippen molar-refractivity contribution in [1.29, 1.82) is 0 Å². The van der Waals surface area contributed by atoms with Crippen molar-refractivity contribution in [3.63, 3.8) is 0 Å². The molecule has 0 aromatic heterocycles. The molecule has 1 fully saturated rings. The van der Waals surface area contributed by atoms with E-state index < -0.39 is 12.5 Å². The number of halogens is 2. The molecule has 0 saturated heterocycles. The second-order valence-corrected chi connectivity index (χ2v) is 4.07. The van der Waals surface area contributed by atoms with E-state index in [1.165, 1.54) is 6.42 Å². The minimum Gasteiger partial charge on any atom is -0.312 e. The maximum atomic E-state index is 12.6. The molecule has 0 radical (unpaired) electrons. The first kappa shape index (κ1) is 10.9. The Morgan fingerprint density at radius 2 is 1.85 bits per heavy atom. The Bertz CT molecular complexity index is 150. The average Bonchev–Trinajstić information content (AvgIpc) is 2.09. The summed E-state index contributed by atoms with van der Waals surface area (Å²) in [6, 6.07) is -0.602. The Morgan fingerprint density at radius 3 is 2.31 bits per heavy atom. The van der Waals surface area contributed by atoms with Crippen LogP contribution < -0.4 is 5.32 Å². The second-order valence-electron chi connectivity index (χ2n) is 4.07. The first-order valence-corrected chi connectivity index (χ1v) is 5.12. The second kappa shape index (κ2) is 4.89. The molecule has 0 amide bonds. The van der Waals surface area contributed by atoms with Crippen molar-refractivity contribution in [2.45, 2.75) is 45.1 Å². The van der Waals surface area contributed by atoms with Crippen LogP contribution in [0.2, 0.25) is 0 Å². The molecule has 1 N–H and O–H groups in total. The van der Waals surface area contributed by atoms with Gasteiger partial charge in [0.1, 0.15) is 0 Å². The lowest BCUT2D eigenvalue weighted by molar-refractivity contribution is 0.0440. The van der Waals surface area contributed by atoms with E-state index in [2.05, 4.69) is 12.2 Å². The van der Waals surface area contributed by atoms with Gasteiger partial charge in [-0.25, -0.2) is 8.78 Å². The Labute approximate surface area is 78.9 Å². The van der Waals surface area contributed by atoms with Crippen molar-refractivity contribution >= 4 is 0 Å². The van der Waals surface area contributed by atoms with Gasteiger partial charge in [0.05, 0.1) is 6.04 Å². The van der Waals surface area contributed by atoms with Gasteiger partial charge in [0, 0.05) is 0 Å². The van der Waals surface area contributed by atoms with Gasteiger partial charge >= 0.3 is 0 Å². The molecule has 0 aliphatic heterocycles. The minimum absolute atomic E-state index is 0.166. The quantitative estimate of drug-likeness (QED) is 0.723. The standard InChI is InChI=1S/C10H19F2N/c1-7-5-3-4-6-8(7)9(13-2)10(11)12/h7-10,13H,3-6H2,1-2H3. The van der Waals surface area contributed by atoms with E-state index >= 15 is 0 Å². The maximum absolute atomic E-state index is 12.6. The van der Waals surface area contributed by atoms with Crippen molar-refractivity contribution in [2.75, 3.05) is 7.05 Å². The number of hydrogen-bond acceptors (Lipinski definition) is 1. The fourth-order valence-corrected chi connectivity index (χ4v) is 2.41. The highest BCUT2D eigenvalue weighted by molar-refractivity contribution is 4.83. The normalized spacial score (nSPS) is 32.1. The Balaban J connectivity index is 2.55. The molecule has 3 heteroatoms. The molecule has 0 spiro atoms. The Hall–Kier alpha value is -0.180. The Morgan fingerprint density at radius 1 is 1.23 bits per heavy atom. The molecule has 78 valence electrons. The van der Waals surface area contributed by atoms with Crippen molar-refractivity contribution in [3.8, 4) is 0 Å². The summed E-state index contributed by atoms with van der Waals surface area (Å²) in [7, 11) is 1.64. The van der Waals surface area contributed by atoms with Crippen LogP contribution in [0.3, 0.4) is 0 Å². The molecule has 0 bridgehead atoms. The van der Waals surface area contributed by atoms with Crippen LogP contribution in [0.4, 0.5) is 8.78 Å².